The molecule has 1 saturated carbocycles. The number of nitrogen functional groups attached to an aromatic ring is 1. The SMILES string of the molecule is CCC[C@@H]1C[C@@]1(Cn1cnc2c(O)nc(N)nc21)OCP(=O)(O)O. The lowest BCUT2D eigenvalue weighted by Crippen LogP contribution is -2.25. The van der Waals surface area contributed by atoms with E-state index in [0.717, 1.165) is 12.8 Å². The van der Waals surface area contributed by atoms with Gasteiger partial charge in [0.25, 0.3) is 0 Å². The zero-order valence-corrected chi connectivity index (χ0v) is 14.1. The van der Waals surface area contributed by atoms with Crippen molar-refractivity contribution in [2.75, 3.05) is 12.1 Å². The van der Waals surface area contributed by atoms with Crippen LogP contribution in [0.25, 0.3) is 11.2 Å². The third-order valence-corrected chi connectivity index (χ3v) is 4.70. The first-order chi connectivity index (χ1) is 11.2. The number of nitrogens with zero attached hydrogens (tertiary/aromatic N) is 4. The third-order valence-electron chi connectivity index (χ3n) is 4.23. The Balaban J connectivity index is 1.87. The van der Waals surface area contributed by atoms with Crippen LogP contribution in [0.4, 0.5) is 5.95 Å². The predicted molar refractivity (Wildman–Crippen MR) is 85.1 cm³/mol. The molecule has 0 aromatic carbocycles. The Morgan fingerprint density at radius 1 is 1.50 bits per heavy atom. The lowest BCUT2D eigenvalue weighted by molar-refractivity contribution is 0.0274. The van der Waals surface area contributed by atoms with Crippen molar-refractivity contribution in [3.05, 3.63) is 6.33 Å². The van der Waals surface area contributed by atoms with Crippen LogP contribution < -0.4 is 5.73 Å². The molecular formula is C13H20N5O5P. The molecule has 11 heteroatoms. The van der Waals surface area contributed by atoms with E-state index in [0.29, 0.717) is 18.6 Å². The summed E-state index contributed by atoms with van der Waals surface area (Å²) in [6.45, 7) is 2.37. The molecule has 2 aromatic rings. The molecule has 1 aliphatic carbocycles. The topological polar surface area (TPSA) is 157 Å². The van der Waals surface area contributed by atoms with Gasteiger partial charge in [-0.15, -0.1) is 0 Å². The zero-order chi connectivity index (χ0) is 17.5. The van der Waals surface area contributed by atoms with E-state index in [1.54, 1.807) is 4.57 Å². The van der Waals surface area contributed by atoms with Gasteiger partial charge in [-0.2, -0.15) is 9.97 Å². The van der Waals surface area contributed by atoms with Gasteiger partial charge in [0.2, 0.25) is 11.8 Å². The summed E-state index contributed by atoms with van der Waals surface area (Å²) in [4.78, 5) is 30.0. The zero-order valence-electron chi connectivity index (χ0n) is 13.2. The smallest absolute Gasteiger partial charge is 0.351 e. The number of nitrogens with two attached hydrogens (primary N) is 1. The fourth-order valence-electron chi connectivity index (χ4n) is 3.05. The highest BCUT2D eigenvalue weighted by atomic mass is 31.2. The maximum Gasteiger partial charge on any atom is 0.351 e. The standard InChI is InChI=1S/C13H20N5O5P/c1-2-3-8-4-13(8,23-7-24(20,21)22)5-18-6-15-9-10(18)16-12(14)17-11(9)19/h6,8H,2-5,7H2,1H3,(H2,20,21,22)(H3,14,16,17,19)/t8-,13+/m1/s1. The number of imidazole rings is 1. The molecule has 2 aromatic heterocycles. The molecule has 10 nitrogen and oxygen atoms in total. The molecule has 0 radical (unpaired) electrons. The van der Waals surface area contributed by atoms with Crippen LogP contribution in [0, 0.1) is 5.92 Å². The first kappa shape index (κ1) is 17.1. The van der Waals surface area contributed by atoms with Gasteiger partial charge in [0, 0.05) is 0 Å². The van der Waals surface area contributed by atoms with E-state index in [2.05, 4.69) is 15.0 Å². The van der Waals surface area contributed by atoms with Crippen molar-refractivity contribution in [3.63, 3.8) is 0 Å². The second-order valence-corrected chi connectivity index (χ2v) is 7.73. The van der Waals surface area contributed by atoms with Crippen molar-refractivity contribution in [2.45, 2.75) is 38.3 Å². The number of aromatic hydroxyl groups is 1. The monoisotopic (exact) mass is 357 g/mol. The van der Waals surface area contributed by atoms with Gasteiger partial charge in [0.05, 0.1) is 18.5 Å². The summed E-state index contributed by atoms with van der Waals surface area (Å²) in [5.74, 6) is -0.172. The normalized spacial score (nSPS) is 23.7. The summed E-state index contributed by atoms with van der Waals surface area (Å²) in [6.07, 6.45) is 3.42. The molecule has 1 aliphatic rings. The summed E-state index contributed by atoms with van der Waals surface area (Å²) in [5.41, 5.74) is 5.49. The minimum Gasteiger partial charge on any atom is -0.492 e. The van der Waals surface area contributed by atoms with Crippen LogP contribution in [0.15, 0.2) is 6.33 Å². The van der Waals surface area contributed by atoms with Crippen molar-refractivity contribution in [1.82, 2.24) is 19.5 Å². The van der Waals surface area contributed by atoms with Crippen molar-refractivity contribution < 1.29 is 24.2 Å². The fraction of sp³-hybridized carbons (Fsp3) is 0.615. The first-order valence-corrected chi connectivity index (χ1v) is 9.40. The minimum atomic E-state index is -4.25. The van der Waals surface area contributed by atoms with Gasteiger partial charge in [-0.05, 0) is 18.8 Å². The number of aromatic nitrogens is 4. The maximum absolute atomic E-state index is 11.2. The van der Waals surface area contributed by atoms with E-state index >= 15 is 0 Å². The quantitative estimate of drug-likeness (QED) is 0.527. The molecule has 5 N–H and O–H groups in total. The largest absolute Gasteiger partial charge is 0.492 e. The number of hydrogen-bond acceptors (Lipinski definition) is 7. The minimum absolute atomic E-state index is 0.0761. The van der Waals surface area contributed by atoms with E-state index in [4.69, 9.17) is 20.3 Å². The average Bonchev–Trinajstić information content (AvgIpc) is 2.99. The van der Waals surface area contributed by atoms with E-state index in [1.165, 1.54) is 6.33 Å². The van der Waals surface area contributed by atoms with Crippen molar-refractivity contribution in [2.24, 2.45) is 5.92 Å². The molecule has 2 heterocycles. The molecule has 0 saturated heterocycles. The van der Waals surface area contributed by atoms with Crippen LogP contribution >= 0.6 is 7.60 Å². The number of hydrogen-bond donors (Lipinski definition) is 4. The maximum atomic E-state index is 11.2. The van der Waals surface area contributed by atoms with Crippen LogP contribution in [-0.2, 0) is 15.8 Å². The highest BCUT2D eigenvalue weighted by Gasteiger charge is 2.55. The van der Waals surface area contributed by atoms with Gasteiger partial charge in [0.15, 0.2) is 11.2 Å². The molecule has 2 atom stereocenters. The average molecular weight is 357 g/mol. The fourth-order valence-corrected chi connectivity index (χ4v) is 3.48. The van der Waals surface area contributed by atoms with Gasteiger partial charge < -0.3 is 29.9 Å². The lowest BCUT2D eigenvalue weighted by atomic mass is 10.1. The van der Waals surface area contributed by atoms with Gasteiger partial charge in [0.1, 0.15) is 6.35 Å². The Bertz CT molecular complexity index is 805. The van der Waals surface area contributed by atoms with Crippen molar-refractivity contribution >= 4 is 24.7 Å². The number of ether oxygens (including phenoxy) is 1. The molecule has 1 fully saturated rings. The molecule has 24 heavy (non-hydrogen) atoms. The molecule has 3 rings (SSSR count). The van der Waals surface area contributed by atoms with Crippen LogP contribution in [0.2, 0.25) is 0 Å². The third kappa shape index (κ3) is 3.36. The van der Waals surface area contributed by atoms with Crippen LogP contribution in [0.5, 0.6) is 5.88 Å². The lowest BCUT2D eigenvalue weighted by Gasteiger charge is -2.20. The van der Waals surface area contributed by atoms with E-state index < -0.39 is 19.5 Å². The predicted octanol–water partition coefficient (Wildman–Crippen LogP) is 0.825. The summed E-state index contributed by atoms with van der Waals surface area (Å²) in [5, 5.41) is 9.78. The van der Waals surface area contributed by atoms with Crippen LogP contribution in [-0.4, -0.2) is 46.4 Å². The number of fused-ring (bicyclic) bond motifs is 1. The Labute approximate surface area is 137 Å². The number of anilines is 1. The van der Waals surface area contributed by atoms with Gasteiger partial charge in [-0.3, -0.25) is 4.57 Å². The van der Waals surface area contributed by atoms with Crippen molar-refractivity contribution in [1.29, 1.82) is 0 Å². The van der Waals surface area contributed by atoms with Crippen LogP contribution in [0.3, 0.4) is 0 Å². The first-order valence-electron chi connectivity index (χ1n) is 7.60. The Hall–Kier alpha value is -1.74. The molecule has 0 amide bonds. The van der Waals surface area contributed by atoms with Gasteiger partial charge in [-0.1, -0.05) is 13.3 Å². The summed E-state index contributed by atoms with van der Waals surface area (Å²) < 4.78 is 18.4. The molecule has 132 valence electrons. The summed E-state index contributed by atoms with van der Waals surface area (Å²) in [6, 6.07) is 0. The van der Waals surface area contributed by atoms with Crippen molar-refractivity contribution in [3.8, 4) is 5.88 Å². The molecular weight excluding hydrogens is 337 g/mol. The molecule has 0 bridgehead atoms. The Kier molecular flexibility index (Phi) is 4.25. The number of rotatable bonds is 7. The van der Waals surface area contributed by atoms with Gasteiger partial charge in [-0.25, -0.2) is 4.98 Å². The van der Waals surface area contributed by atoms with Crippen LogP contribution in [0.1, 0.15) is 26.2 Å². The van der Waals surface area contributed by atoms with E-state index in [-0.39, 0.29) is 23.3 Å². The van der Waals surface area contributed by atoms with Gasteiger partial charge >= 0.3 is 7.60 Å². The second-order valence-electron chi connectivity index (χ2n) is 6.14. The summed E-state index contributed by atoms with van der Waals surface area (Å²) >= 11 is 0. The van der Waals surface area contributed by atoms with E-state index in [9.17, 15) is 9.67 Å². The van der Waals surface area contributed by atoms with E-state index in [1.807, 2.05) is 6.92 Å². The molecule has 0 unspecified atom stereocenters. The Morgan fingerprint density at radius 2 is 2.25 bits per heavy atom. The molecule has 0 aliphatic heterocycles. The molecule has 0 spiro atoms. The summed E-state index contributed by atoms with van der Waals surface area (Å²) in [7, 11) is -4.25. The second kappa shape index (κ2) is 5.96. The Morgan fingerprint density at radius 3 is 2.92 bits per heavy atom. The highest BCUT2D eigenvalue weighted by molar-refractivity contribution is 7.51. The highest BCUT2D eigenvalue weighted by Crippen LogP contribution is 2.53.